The van der Waals surface area contributed by atoms with Gasteiger partial charge in [-0.2, -0.15) is 0 Å². The maximum absolute atomic E-state index is 11.0. The molecule has 0 spiro atoms. The molecule has 15 heavy (non-hydrogen) atoms. The van der Waals surface area contributed by atoms with E-state index in [0.29, 0.717) is 15.9 Å². The first kappa shape index (κ1) is 10.3. The molecule has 1 N–H and O–H groups in total. The van der Waals surface area contributed by atoms with Crippen LogP contribution in [-0.2, 0) is 7.05 Å². The van der Waals surface area contributed by atoms with Gasteiger partial charge in [-0.05, 0) is 12.1 Å². The zero-order valence-electron chi connectivity index (χ0n) is 7.79. The molecule has 0 bridgehead atoms. The van der Waals surface area contributed by atoms with E-state index >= 15 is 0 Å². The van der Waals surface area contributed by atoms with Gasteiger partial charge in [0.25, 0.3) is 0 Å². The highest BCUT2D eigenvalue weighted by atomic mass is 35.5. The van der Waals surface area contributed by atoms with Crippen LogP contribution in [0.2, 0.25) is 10.2 Å². The van der Waals surface area contributed by atoms with E-state index in [1.54, 1.807) is 29.8 Å². The number of aromatic carboxylic acids is 1. The Bertz CT molecular complexity index is 560. The van der Waals surface area contributed by atoms with Gasteiger partial charge in [0, 0.05) is 12.4 Å². The van der Waals surface area contributed by atoms with Crippen molar-refractivity contribution in [2.45, 2.75) is 0 Å². The molecule has 1 aromatic carbocycles. The minimum absolute atomic E-state index is 0.0553. The Morgan fingerprint density at radius 3 is 2.67 bits per heavy atom. The van der Waals surface area contributed by atoms with Crippen molar-refractivity contribution in [2.24, 2.45) is 7.05 Å². The lowest BCUT2D eigenvalue weighted by molar-refractivity contribution is 0.0699. The quantitative estimate of drug-likeness (QED) is 0.836. The van der Waals surface area contributed by atoms with Crippen molar-refractivity contribution < 1.29 is 9.90 Å². The number of aromatic nitrogens is 1. The maximum atomic E-state index is 11.0. The molecule has 0 fully saturated rings. The smallest absolute Gasteiger partial charge is 0.339 e. The Labute approximate surface area is 95.8 Å². The minimum Gasteiger partial charge on any atom is -0.478 e. The van der Waals surface area contributed by atoms with Crippen molar-refractivity contribution >= 4 is 40.1 Å². The molecule has 3 nitrogen and oxygen atoms in total. The normalized spacial score (nSPS) is 10.9. The fourth-order valence-electron chi connectivity index (χ4n) is 1.61. The van der Waals surface area contributed by atoms with E-state index in [4.69, 9.17) is 28.3 Å². The third-order valence-electron chi connectivity index (χ3n) is 2.32. The summed E-state index contributed by atoms with van der Waals surface area (Å²) in [6.45, 7) is 0. The van der Waals surface area contributed by atoms with Crippen molar-refractivity contribution in [3.63, 3.8) is 0 Å². The third-order valence-corrected chi connectivity index (χ3v) is 3.08. The predicted molar refractivity (Wildman–Crippen MR) is 59.9 cm³/mol. The molecular weight excluding hydrogens is 237 g/mol. The topological polar surface area (TPSA) is 42.2 Å². The molecule has 1 aromatic heterocycles. The number of carbonyl (C=O) groups is 1. The molecule has 2 rings (SSSR count). The number of fused-ring (bicyclic) bond motifs is 1. The van der Waals surface area contributed by atoms with Crippen molar-refractivity contribution in [2.75, 3.05) is 0 Å². The fourth-order valence-corrected chi connectivity index (χ4v) is 2.14. The van der Waals surface area contributed by atoms with Gasteiger partial charge >= 0.3 is 5.97 Å². The van der Waals surface area contributed by atoms with Crippen LogP contribution in [0, 0.1) is 0 Å². The van der Waals surface area contributed by atoms with Crippen molar-refractivity contribution in [1.29, 1.82) is 0 Å². The zero-order chi connectivity index (χ0) is 11.2. The molecule has 0 amide bonds. The Morgan fingerprint density at radius 2 is 2.07 bits per heavy atom. The molecule has 0 aliphatic rings. The Hall–Kier alpha value is -1.19. The van der Waals surface area contributed by atoms with Crippen LogP contribution >= 0.6 is 23.2 Å². The highest BCUT2D eigenvalue weighted by Crippen LogP contribution is 2.33. The lowest BCUT2D eigenvalue weighted by atomic mass is 10.2. The van der Waals surface area contributed by atoms with E-state index in [2.05, 4.69) is 0 Å². The summed E-state index contributed by atoms with van der Waals surface area (Å²) in [5, 5.41) is 10.1. The summed E-state index contributed by atoms with van der Waals surface area (Å²) in [5.74, 6) is -1.07. The number of aryl methyl sites for hydroxylation is 1. The standard InChI is InChI=1S/C10H7Cl2NO2/c1-13-6-4-2-3-5(11)7(6)8(9(13)12)10(14)15/h2-4H,1H3,(H,14,15). The lowest BCUT2D eigenvalue weighted by Gasteiger charge is -1.96. The number of halogens is 2. The van der Waals surface area contributed by atoms with Gasteiger partial charge in [0.1, 0.15) is 10.7 Å². The van der Waals surface area contributed by atoms with Gasteiger partial charge in [-0.15, -0.1) is 0 Å². The molecule has 0 radical (unpaired) electrons. The first-order chi connectivity index (χ1) is 7.04. The van der Waals surface area contributed by atoms with Gasteiger partial charge in [0.05, 0.1) is 10.5 Å². The summed E-state index contributed by atoms with van der Waals surface area (Å²) in [5.41, 5.74) is 0.768. The minimum atomic E-state index is -1.07. The first-order valence-corrected chi connectivity index (χ1v) is 4.95. The lowest BCUT2D eigenvalue weighted by Crippen LogP contribution is -1.96. The molecule has 0 aliphatic carbocycles. The van der Waals surface area contributed by atoms with Gasteiger partial charge in [0.2, 0.25) is 0 Å². The molecular formula is C10H7Cl2NO2. The van der Waals surface area contributed by atoms with E-state index in [0.717, 1.165) is 0 Å². The molecule has 5 heteroatoms. The van der Waals surface area contributed by atoms with Crippen LogP contribution in [0.5, 0.6) is 0 Å². The van der Waals surface area contributed by atoms with Crippen LogP contribution in [0.15, 0.2) is 18.2 Å². The number of benzene rings is 1. The van der Waals surface area contributed by atoms with Crippen LogP contribution in [-0.4, -0.2) is 15.6 Å². The molecule has 78 valence electrons. The molecule has 0 aliphatic heterocycles. The monoisotopic (exact) mass is 243 g/mol. The summed E-state index contributed by atoms with van der Waals surface area (Å²) in [4.78, 5) is 11.0. The molecule has 2 aromatic rings. The largest absolute Gasteiger partial charge is 0.478 e. The van der Waals surface area contributed by atoms with Gasteiger partial charge < -0.3 is 9.67 Å². The highest BCUT2D eigenvalue weighted by Gasteiger charge is 2.20. The number of hydrogen-bond donors (Lipinski definition) is 1. The number of rotatable bonds is 1. The Morgan fingerprint density at radius 1 is 1.40 bits per heavy atom. The van der Waals surface area contributed by atoms with Crippen LogP contribution in [0.25, 0.3) is 10.9 Å². The van der Waals surface area contributed by atoms with Crippen LogP contribution in [0.1, 0.15) is 10.4 Å². The molecule has 1 heterocycles. The van der Waals surface area contributed by atoms with Gasteiger partial charge in [-0.25, -0.2) is 4.79 Å². The molecule has 0 unspecified atom stereocenters. The SMILES string of the molecule is Cn1c(Cl)c(C(=O)O)c2c(Cl)cccc21. The summed E-state index contributed by atoms with van der Waals surface area (Å²) >= 11 is 11.9. The molecule has 0 atom stereocenters. The number of nitrogens with zero attached hydrogens (tertiary/aromatic N) is 1. The van der Waals surface area contributed by atoms with Crippen molar-refractivity contribution in [3.05, 3.63) is 33.9 Å². The Kier molecular flexibility index (Phi) is 2.37. The summed E-state index contributed by atoms with van der Waals surface area (Å²) in [7, 11) is 1.70. The second-order valence-corrected chi connectivity index (χ2v) is 3.93. The van der Waals surface area contributed by atoms with Crippen molar-refractivity contribution in [3.8, 4) is 0 Å². The third kappa shape index (κ3) is 1.39. The van der Waals surface area contributed by atoms with Crippen LogP contribution < -0.4 is 0 Å². The average Bonchev–Trinajstić information content (AvgIpc) is 2.43. The van der Waals surface area contributed by atoms with E-state index in [-0.39, 0.29) is 10.7 Å². The number of carboxylic acids is 1. The molecule has 0 saturated heterocycles. The van der Waals surface area contributed by atoms with Gasteiger partial charge in [-0.3, -0.25) is 0 Å². The van der Waals surface area contributed by atoms with E-state index < -0.39 is 5.97 Å². The van der Waals surface area contributed by atoms with Crippen molar-refractivity contribution in [1.82, 2.24) is 4.57 Å². The van der Waals surface area contributed by atoms with Crippen LogP contribution in [0.4, 0.5) is 0 Å². The molecule has 0 saturated carbocycles. The number of carboxylic acid groups (broad SMARTS) is 1. The second-order valence-electron chi connectivity index (χ2n) is 3.16. The maximum Gasteiger partial charge on any atom is 0.339 e. The van der Waals surface area contributed by atoms with E-state index in [1.807, 2.05) is 0 Å². The Balaban J connectivity index is 3.02. The van der Waals surface area contributed by atoms with Gasteiger partial charge in [0.15, 0.2) is 0 Å². The average molecular weight is 244 g/mol. The summed E-state index contributed by atoms with van der Waals surface area (Å²) in [6.07, 6.45) is 0. The first-order valence-electron chi connectivity index (χ1n) is 4.19. The fraction of sp³-hybridized carbons (Fsp3) is 0.100. The predicted octanol–water partition coefficient (Wildman–Crippen LogP) is 3.18. The number of hydrogen-bond acceptors (Lipinski definition) is 1. The second kappa shape index (κ2) is 3.43. The highest BCUT2D eigenvalue weighted by molar-refractivity contribution is 6.40. The van der Waals surface area contributed by atoms with E-state index in [9.17, 15) is 4.79 Å². The summed E-state index contributed by atoms with van der Waals surface area (Å²) in [6, 6.07) is 5.18. The van der Waals surface area contributed by atoms with Gasteiger partial charge in [-0.1, -0.05) is 29.3 Å². The summed E-state index contributed by atoms with van der Waals surface area (Å²) < 4.78 is 1.60. The zero-order valence-corrected chi connectivity index (χ0v) is 9.30. The van der Waals surface area contributed by atoms with E-state index in [1.165, 1.54) is 0 Å². The van der Waals surface area contributed by atoms with Crippen LogP contribution in [0.3, 0.4) is 0 Å².